The van der Waals surface area contributed by atoms with Crippen molar-refractivity contribution in [1.82, 2.24) is 4.98 Å². The largest absolute Gasteiger partial charge is 0.481 e. The van der Waals surface area contributed by atoms with Gasteiger partial charge in [0.2, 0.25) is 5.88 Å². The summed E-state index contributed by atoms with van der Waals surface area (Å²) in [5.41, 5.74) is -0.000141. The van der Waals surface area contributed by atoms with E-state index in [1.165, 1.54) is 0 Å². The maximum absolute atomic E-state index is 11.9. The SMILES string of the molecule is C=CC(C)(Cc1cccc(OC)n1)C(=O)OCC. The average Bonchev–Trinajstić information content (AvgIpc) is 2.39. The smallest absolute Gasteiger partial charge is 0.316 e. The van der Waals surface area contributed by atoms with Crippen molar-refractivity contribution in [3.63, 3.8) is 0 Å². The van der Waals surface area contributed by atoms with Gasteiger partial charge in [0.1, 0.15) is 0 Å². The number of rotatable bonds is 6. The van der Waals surface area contributed by atoms with Crippen molar-refractivity contribution < 1.29 is 14.3 Å². The monoisotopic (exact) mass is 249 g/mol. The average molecular weight is 249 g/mol. The van der Waals surface area contributed by atoms with E-state index in [0.29, 0.717) is 18.9 Å². The van der Waals surface area contributed by atoms with Crippen LogP contribution >= 0.6 is 0 Å². The van der Waals surface area contributed by atoms with Gasteiger partial charge in [0.05, 0.1) is 19.1 Å². The van der Waals surface area contributed by atoms with Crippen LogP contribution in [0.3, 0.4) is 0 Å². The van der Waals surface area contributed by atoms with Crippen LogP contribution in [0.2, 0.25) is 0 Å². The van der Waals surface area contributed by atoms with E-state index in [4.69, 9.17) is 9.47 Å². The number of ether oxygens (including phenoxy) is 2. The first-order valence-electron chi connectivity index (χ1n) is 5.86. The molecule has 1 aromatic rings. The molecule has 1 rings (SSSR count). The standard InChI is InChI=1S/C14H19NO3/c1-5-14(3,13(16)18-6-2)10-11-8-7-9-12(15-11)17-4/h5,7-9H,1,6,10H2,2-4H3. The third-order valence-electron chi connectivity index (χ3n) is 2.73. The minimum atomic E-state index is -0.768. The van der Waals surface area contributed by atoms with Gasteiger partial charge < -0.3 is 9.47 Å². The first-order valence-corrected chi connectivity index (χ1v) is 5.86. The number of aromatic nitrogens is 1. The Hall–Kier alpha value is -1.84. The molecule has 1 unspecified atom stereocenters. The van der Waals surface area contributed by atoms with Gasteiger partial charge in [-0.25, -0.2) is 4.98 Å². The number of carbonyl (C=O) groups excluding carboxylic acids is 1. The number of hydrogen-bond acceptors (Lipinski definition) is 4. The zero-order valence-electron chi connectivity index (χ0n) is 11.1. The maximum atomic E-state index is 11.9. The summed E-state index contributed by atoms with van der Waals surface area (Å²) in [6.45, 7) is 7.64. The Bertz CT molecular complexity index is 431. The van der Waals surface area contributed by atoms with E-state index < -0.39 is 5.41 Å². The minimum absolute atomic E-state index is 0.287. The molecule has 1 heterocycles. The number of hydrogen-bond donors (Lipinski definition) is 0. The third-order valence-corrected chi connectivity index (χ3v) is 2.73. The lowest BCUT2D eigenvalue weighted by molar-refractivity contribution is -0.151. The van der Waals surface area contributed by atoms with Crippen LogP contribution in [0.25, 0.3) is 0 Å². The maximum Gasteiger partial charge on any atom is 0.316 e. The van der Waals surface area contributed by atoms with Gasteiger partial charge in [-0.3, -0.25) is 4.79 Å². The third kappa shape index (κ3) is 3.32. The molecule has 0 fully saturated rings. The first kappa shape index (κ1) is 14.2. The highest BCUT2D eigenvalue weighted by atomic mass is 16.5. The number of esters is 1. The second kappa shape index (κ2) is 6.19. The molecule has 4 nitrogen and oxygen atoms in total. The zero-order chi connectivity index (χ0) is 13.6. The van der Waals surface area contributed by atoms with Gasteiger partial charge in [-0.05, 0) is 19.9 Å². The van der Waals surface area contributed by atoms with Crippen LogP contribution in [0, 0.1) is 5.41 Å². The second-order valence-electron chi connectivity index (χ2n) is 4.19. The minimum Gasteiger partial charge on any atom is -0.481 e. The lowest BCUT2D eigenvalue weighted by atomic mass is 9.85. The summed E-state index contributed by atoms with van der Waals surface area (Å²) < 4.78 is 10.1. The Morgan fingerprint density at radius 1 is 1.56 bits per heavy atom. The van der Waals surface area contributed by atoms with Crippen molar-refractivity contribution in [1.29, 1.82) is 0 Å². The topological polar surface area (TPSA) is 48.4 Å². The summed E-state index contributed by atoms with van der Waals surface area (Å²) in [7, 11) is 1.56. The molecule has 1 aromatic heterocycles. The zero-order valence-corrected chi connectivity index (χ0v) is 11.1. The Balaban J connectivity index is 2.90. The highest BCUT2D eigenvalue weighted by Crippen LogP contribution is 2.25. The Labute approximate surface area is 108 Å². The van der Waals surface area contributed by atoms with Crippen LogP contribution in [0.1, 0.15) is 19.5 Å². The predicted molar refractivity (Wildman–Crippen MR) is 69.4 cm³/mol. The molecule has 0 saturated heterocycles. The molecule has 0 aliphatic carbocycles. The van der Waals surface area contributed by atoms with Gasteiger partial charge in [-0.2, -0.15) is 0 Å². The van der Waals surface area contributed by atoms with E-state index in [0.717, 1.165) is 5.69 Å². The normalized spacial score (nSPS) is 13.5. The van der Waals surface area contributed by atoms with E-state index >= 15 is 0 Å². The van der Waals surface area contributed by atoms with Crippen LogP contribution in [0.5, 0.6) is 5.88 Å². The molecule has 0 saturated carbocycles. The molecule has 0 aliphatic heterocycles. The lowest BCUT2D eigenvalue weighted by Crippen LogP contribution is -2.30. The van der Waals surface area contributed by atoms with Gasteiger partial charge in [0, 0.05) is 18.2 Å². The summed E-state index contributed by atoms with van der Waals surface area (Å²) in [6.07, 6.45) is 2.04. The number of carbonyl (C=O) groups is 1. The summed E-state index contributed by atoms with van der Waals surface area (Å²) in [4.78, 5) is 16.2. The molecule has 4 heteroatoms. The Morgan fingerprint density at radius 3 is 2.83 bits per heavy atom. The van der Waals surface area contributed by atoms with Crippen molar-refractivity contribution in [3.05, 3.63) is 36.5 Å². The predicted octanol–water partition coefficient (Wildman–Crippen LogP) is 2.39. The van der Waals surface area contributed by atoms with Crippen molar-refractivity contribution >= 4 is 5.97 Å². The van der Waals surface area contributed by atoms with Crippen molar-refractivity contribution in [2.45, 2.75) is 20.3 Å². The molecule has 1 atom stereocenters. The van der Waals surface area contributed by atoms with Gasteiger partial charge in [-0.1, -0.05) is 12.1 Å². The summed E-state index contributed by atoms with van der Waals surface area (Å²) in [6, 6.07) is 5.46. The fourth-order valence-corrected chi connectivity index (χ4v) is 1.57. The number of methoxy groups -OCH3 is 1. The van der Waals surface area contributed by atoms with E-state index in [-0.39, 0.29) is 5.97 Å². The summed E-state index contributed by atoms with van der Waals surface area (Å²) in [5.74, 6) is 0.243. The van der Waals surface area contributed by atoms with Crippen LogP contribution in [-0.4, -0.2) is 24.7 Å². The van der Waals surface area contributed by atoms with E-state index in [1.807, 2.05) is 12.1 Å². The quantitative estimate of drug-likeness (QED) is 0.573. The lowest BCUT2D eigenvalue weighted by Gasteiger charge is -2.22. The Kier molecular flexibility index (Phi) is 4.89. The molecule has 98 valence electrons. The van der Waals surface area contributed by atoms with Crippen LogP contribution in [0.4, 0.5) is 0 Å². The highest BCUT2D eigenvalue weighted by molar-refractivity contribution is 5.78. The molecular formula is C14H19NO3. The van der Waals surface area contributed by atoms with Gasteiger partial charge >= 0.3 is 5.97 Å². The molecular weight excluding hydrogens is 230 g/mol. The fraction of sp³-hybridized carbons (Fsp3) is 0.429. The van der Waals surface area contributed by atoms with Crippen molar-refractivity contribution in [2.24, 2.45) is 5.41 Å². The van der Waals surface area contributed by atoms with Crippen LogP contribution < -0.4 is 4.74 Å². The number of pyridine rings is 1. The van der Waals surface area contributed by atoms with Crippen molar-refractivity contribution in [2.75, 3.05) is 13.7 Å². The number of nitrogens with zero attached hydrogens (tertiary/aromatic N) is 1. The molecule has 0 spiro atoms. The van der Waals surface area contributed by atoms with Gasteiger partial charge in [0.15, 0.2) is 0 Å². The molecule has 0 radical (unpaired) electrons. The van der Waals surface area contributed by atoms with Crippen LogP contribution in [-0.2, 0) is 16.0 Å². The van der Waals surface area contributed by atoms with Crippen LogP contribution in [0.15, 0.2) is 30.9 Å². The van der Waals surface area contributed by atoms with Gasteiger partial charge in [-0.15, -0.1) is 6.58 Å². The molecule has 0 aromatic carbocycles. The molecule has 0 N–H and O–H groups in total. The highest BCUT2D eigenvalue weighted by Gasteiger charge is 2.32. The Morgan fingerprint density at radius 2 is 2.28 bits per heavy atom. The first-order chi connectivity index (χ1) is 8.55. The second-order valence-corrected chi connectivity index (χ2v) is 4.19. The summed E-state index contributed by atoms with van der Waals surface area (Å²) >= 11 is 0. The molecule has 0 amide bonds. The molecule has 18 heavy (non-hydrogen) atoms. The van der Waals surface area contributed by atoms with E-state index in [2.05, 4.69) is 11.6 Å². The summed E-state index contributed by atoms with van der Waals surface area (Å²) in [5, 5.41) is 0. The molecule has 0 aliphatic rings. The molecule has 0 bridgehead atoms. The fourth-order valence-electron chi connectivity index (χ4n) is 1.57. The van der Waals surface area contributed by atoms with Crippen molar-refractivity contribution in [3.8, 4) is 5.88 Å². The van der Waals surface area contributed by atoms with E-state index in [9.17, 15) is 4.79 Å². The van der Waals surface area contributed by atoms with E-state index in [1.54, 1.807) is 33.1 Å². The van der Waals surface area contributed by atoms with Gasteiger partial charge in [0.25, 0.3) is 0 Å².